The summed E-state index contributed by atoms with van der Waals surface area (Å²) in [5.74, 6) is 1.36. The Morgan fingerprint density at radius 1 is 1.14 bits per heavy atom. The zero-order chi connectivity index (χ0) is 25.4. The molecule has 4 N–H and O–H groups in total. The van der Waals surface area contributed by atoms with E-state index in [0.717, 1.165) is 37.9 Å². The van der Waals surface area contributed by atoms with E-state index in [1.165, 1.54) is 18.5 Å². The number of nitrogens with two attached hydrogens (primary N) is 1. The van der Waals surface area contributed by atoms with Crippen LogP contribution in [-0.2, 0) is 11.0 Å². The van der Waals surface area contributed by atoms with E-state index in [-0.39, 0.29) is 29.4 Å². The second-order valence-corrected chi connectivity index (χ2v) is 8.97. The summed E-state index contributed by atoms with van der Waals surface area (Å²) in [7, 11) is 0. The number of carbonyl (C=O) groups is 1. The lowest BCUT2D eigenvalue weighted by molar-refractivity contribution is -0.137. The third-order valence-corrected chi connectivity index (χ3v) is 6.65. The molecule has 8 nitrogen and oxygen atoms in total. The summed E-state index contributed by atoms with van der Waals surface area (Å²) in [6.45, 7) is 0.760. The number of alkyl halides is 3. The number of anilines is 2. The van der Waals surface area contributed by atoms with Gasteiger partial charge in [-0.05, 0) is 61.2 Å². The molecule has 186 valence electrons. The maximum atomic E-state index is 13.0. The Kier molecular flexibility index (Phi) is 5.99. The van der Waals surface area contributed by atoms with E-state index in [9.17, 15) is 18.0 Å². The fourth-order valence-electron chi connectivity index (χ4n) is 4.98. The monoisotopic (exact) mass is 496 g/mol. The highest BCUT2D eigenvalue weighted by Gasteiger charge is 2.44. The van der Waals surface area contributed by atoms with E-state index < -0.39 is 11.7 Å². The number of nitrogens with one attached hydrogen (secondary N) is 2. The molecule has 3 aromatic rings. The molecular formula is C25H23F3N6O2. The highest BCUT2D eigenvalue weighted by molar-refractivity contribution is 6.16. The highest BCUT2D eigenvalue weighted by atomic mass is 19.4. The third-order valence-electron chi connectivity index (χ3n) is 6.65. The van der Waals surface area contributed by atoms with E-state index in [1.54, 1.807) is 29.2 Å². The van der Waals surface area contributed by atoms with Crippen LogP contribution in [0.3, 0.4) is 0 Å². The normalized spacial score (nSPS) is 20.9. The molecule has 2 aromatic carbocycles. The van der Waals surface area contributed by atoms with E-state index >= 15 is 0 Å². The van der Waals surface area contributed by atoms with Gasteiger partial charge in [0.25, 0.3) is 0 Å². The fraction of sp³-hybridized carbons (Fsp3) is 0.280. The van der Waals surface area contributed by atoms with Crippen LogP contribution in [0.25, 0.3) is 0 Å². The number of aromatic nitrogens is 2. The Bertz CT molecular complexity index is 1300. The second-order valence-electron chi connectivity index (χ2n) is 8.97. The average Bonchev–Trinajstić information content (AvgIpc) is 3.44. The van der Waals surface area contributed by atoms with Crippen LogP contribution in [0.1, 0.15) is 29.5 Å². The van der Waals surface area contributed by atoms with Crippen LogP contribution < -0.4 is 15.8 Å². The predicted molar refractivity (Wildman–Crippen MR) is 127 cm³/mol. The molecule has 2 bridgehead atoms. The number of piperidine rings is 1. The number of fused-ring (bicyclic) bond motifs is 2. The first-order valence-electron chi connectivity index (χ1n) is 11.4. The van der Waals surface area contributed by atoms with E-state index in [2.05, 4.69) is 15.3 Å². The van der Waals surface area contributed by atoms with Gasteiger partial charge in [0.2, 0.25) is 6.41 Å². The topological polar surface area (TPSA) is 117 Å². The molecule has 1 aliphatic heterocycles. The Balaban J connectivity index is 1.34. The Morgan fingerprint density at radius 2 is 1.92 bits per heavy atom. The predicted octanol–water partition coefficient (Wildman–Crippen LogP) is 4.32. The zero-order valence-corrected chi connectivity index (χ0v) is 19.0. The number of benzene rings is 2. The molecule has 11 heteroatoms. The summed E-state index contributed by atoms with van der Waals surface area (Å²) in [5, 5.41) is 12.1. The molecule has 1 saturated heterocycles. The molecule has 2 heterocycles. The smallest absolute Gasteiger partial charge is 0.416 e. The summed E-state index contributed by atoms with van der Waals surface area (Å²) < 4.78 is 44.5. The molecule has 3 unspecified atom stereocenters. The first-order chi connectivity index (χ1) is 17.2. The van der Waals surface area contributed by atoms with Crippen molar-refractivity contribution in [3.05, 3.63) is 71.5 Å². The Hall–Kier alpha value is -4.15. The molecule has 1 aromatic heterocycles. The van der Waals surface area contributed by atoms with Crippen molar-refractivity contribution in [3.8, 4) is 11.5 Å². The highest BCUT2D eigenvalue weighted by Crippen LogP contribution is 2.39. The lowest BCUT2D eigenvalue weighted by Gasteiger charge is -2.31. The SMILES string of the molecule is N=C(c1ccc(Oc2cccc(C(F)(F)F)c2)cc1)c1c(N)ncnc1NC1CC2CC1N(C=O)C2. The maximum absolute atomic E-state index is 13.0. The van der Waals surface area contributed by atoms with Crippen molar-refractivity contribution in [3.63, 3.8) is 0 Å². The molecule has 36 heavy (non-hydrogen) atoms. The summed E-state index contributed by atoms with van der Waals surface area (Å²) >= 11 is 0. The van der Waals surface area contributed by atoms with Crippen LogP contribution in [0.15, 0.2) is 54.9 Å². The lowest BCUT2D eigenvalue weighted by Crippen LogP contribution is -2.44. The van der Waals surface area contributed by atoms with E-state index in [1.807, 2.05) is 0 Å². The van der Waals surface area contributed by atoms with Gasteiger partial charge in [0.05, 0.1) is 22.9 Å². The van der Waals surface area contributed by atoms with Crippen molar-refractivity contribution in [2.45, 2.75) is 31.1 Å². The van der Waals surface area contributed by atoms with Crippen LogP contribution in [0.2, 0.25) is 0 Å². The molecule has 1 amide bonds. The lowest BCUT2D eigenvalue weighted by atomic mass is 10.0. The number of rotatable bonds is 7. The minimum atomic E-state index is -4.47. The molecule has 1 saturated carbocycles. The molecule has 3 atom stereocenters. The number of amides is 1. The van der Waals surface area contributed by atoms with E-state index in [4.69, 9.17) is 15.9 Å². The molecule has 0 radical (unpaired) electrons. The first kappa shape index (κ1) is 23.6. The number of nitrogens with zero attached hydrogens (tertiary/aromatic N) is 3. The Labute approximate surface area is 204 Å². The van der Waals surface area contributed by atoms with Crippen LogP contribution in [-0.4, -0.2) is 45.6 Å². The second kappa shape index (κ2) is 9.14. The molecule has 0 spiro atoms. The first-order valence-corrected chi connectivity index (χ1v) is 11.4. The van der Waals surface area contributed by atoms with Crippen LogP contribution >= 0.6 is 0 Å². The van der Waals surface area contributed by atoms with Crippen molar-refractivity contribution in [1.82, 2.24) is 14.9 Å². The van der Waals surface area contributed by atoms with Gasteiger partial charge < -0.3 is 20.7 Å². The number of ether oxygens (including phenoxy) is 1. The third kappa shape index (κ3) is 4.56. The summed E-state index contributed by atoms with van der Waals surface area (Å²) in [6.07, 6.45) is -0.445. The quantitative estimate of drug-likeness (QED) is 0.331. The maximum Gasteiger partial charge on any atom is 0.416 e. The van der Waals surface area contributed by atoms with Crippen molar-refractivity contribution in [2.75, 3.05) is 17.6 Å². The standard InChI is InChI=1S/C25H23F3N6O2/c26-25(27,28)16-2-1-3-18(10-16)36-17-6-4-15(5-7-17)22(29)21-23(30)31-12-32-24(21)33-19-8-14-9-20(19)34(11-14)13-35/h1-7,10,12-14,19-20,29H,8-9,11H2,(H3,30,31,32,33). The summed E-state index contributed by atoms with van der Waals surface area (Å²) in [6, 6.07) is 11.0. The number of halogens is 3. The van der Waals surface area contributed by atoms with Crippen LogP contribution in [0, 0.1) is 11.3 Å². The summed E-state index contributed by atoms with van der Waals surface area (Å²) in [5.41, 5.74) is 6.24. The van der Waals surface area contributed by atoms with Crippen molar-refractivity contribution < 1.29 is 22.7 Å². The largest absolute Gasteiger partial charge is 0.457 e. The van der Waals surface area contributed by atoms with Gasteiger partial charge in [-0.1, -0.05) is 6.07 Å². The van der Waals surface area contributed by atoms with Crippen LogP contribution in [0.5, 0.6) is 11.5 Å². The van der Waals surface area contributed by atoms with Crippen molar-refractivity contribution in [2.24, 2.45) is 5.92 Å². The van der Waals surface area contributed by atoms with Crippen LogP contribution in [0.4, 0.5) is 24.8 Å². The number of carbonyl (C=O) groups excluding carboxylic acids is 1. The van der Waals surface area contributed by atoms with Crippen molar-refractivity contribution >= 4 is 23.8 Å². The molecule has 1 aliphatic carbocycles. The van der Waals surface area contributed by atoms with Gasteiger partial charge in [-0.2, -0.15) is 13.2 Å². The minimum Gasteiger partial charge on any atom is -0.457 e. The zero-order valence-electron chi connectivity index (χ0n) is 19.0. The van der Waals surface area contributed by atoms with Gasteiger partial charge in [-0.15, -0.1) is 0 Å². The number of likely N-dealkylation sites (tertiary alicyclic amines) is 1. The van der Waals surface area contributed by atoms with Gasteiger partial charge >= 0.3 is 6.18 Å². The average molecular weight is 496 g/mol. The number of hydrogen-bond donors (Lipinski definition) is 3. The molecular weight excluding hydrogens is 473 g/mol. The van der Waals surface area contributed by atoms with Gasteiger partial charge in [0, 0.05) is 18.2 Å². The Morgan fingerprint density at radius 3 is 2.61 bits per heavy atom. The fourth-order valence-corrected chi connectivity index (χ4v) is 4.98. The van der Waals surface area contributed by atoms with Gasteiger partial charge in [-0.25, -0.2) is 9.97 Å². The van der Waals surface area contributed by atoms with Gasteiger partial charge in [0.15, 0.2) is 0 Å². The molecule has 5 rings (SSSR count). The molecule has 2 fully saturated rings. The van der Waals surface area contributed by atoms with Gasteiger partial charge in [-0.3, -0.25) is 10.2 Å². The van der Waals surface area contributed by atoms with Crippen molar-refractivity contribution in [1.29, 1.82) is 5.41 Å². The van der Waals surface area contributed by atoms with E-state index in [0.29, 0.717) is 28.6 Å². The summed E-state index contributed by atoms with van der Waals surface area (Å²) in [4.78, 5) is 21.5. The minimum absolute atomic E-state index is 0.00182. The number of nitrogen functional groups attached to an aromatic ring is 1. The number of hydrogen-bond acceptors (Lipinski definition) is 7. The molecule has 2 aliphatic rings. The van der Waals surface area contributed by atoms with Gasteiger partial charge in [0.1, 0.15) is 29.5 Å².